The number of carbonyl (C=O) groups excluding carboxylic acids is 2. The van der Waals surface area contributed by atoms with Gasteiger partial charge in [0.15, 0.2) is 0 Å². The first-order valence-corrected chi connectivity index (χ1v) is 5.97. The van der Waals surface area contributed by atoms with Crippen molar-refractivity contribution in [3.05, 3.63) is 29.3 Å². The summed E-state index contributed by atoms with van der Waals surface area (Å²) >= 11 is 0. The number of carbonyl (C=O) groups is 2. The van der Waals surface area contributed by atoms with Gasteiger partial charge in [0.1, 0.15) is 0 Å². The Balaban J connectivity index is 2.07. The highest BCUT2D eigenvalue weighted by atomic mass is 16.2. The third-order valence-corrected chi connectivity index (χ3v) is 3.05. The zero-order valence-electron chi connectivity index (χ0n) is 10.4. The molecule has 0 radical (unpaired) electrons. The third kappa shape index (κ3) is 2.51. The average molecular weight is 247 g/mol. The van der Waals surface area contributed by atoms with E-state index in [0.717, 1.165) is 16.8 Å². The fourth-order valence-corrected chi connectivity index (χ4v) is 2.09. The van der Waals surface area contributed by atoms with Crippen LogP contribution in [-0.2, 0) is 22.4 Å². The molecule has 0 bridgehead atoms. The number of rotatable bonds is 4. The van der Waals surface area contributed by atoms with Gasteiger partial charge in [-0.05, 0) is 17.2 Å². The fourth-order valence-electron chi connectivity index (χ4n) is 2.09. The van der Waals surface area contributed by atoms with E-state index >= 15 is 0 Å². The summed E-state index contributed by atoms with van der Waals surface area (Å²) in [4.78, 5) is 24.7. The van der Waals surface area contributed by atoms with Crippen molar-refractivity contribution < 1.29 is 9.59 Å². The first kappa shape index (κ1) is 12.6. The van der Waals surface area contributed by atoms with Crippen LogP contribution in [0.1, 0.15) is 11.1 Å². The molecule has 1 aliphatic heterocycles. The van der Waals surface area contributed by atoms with Crippen LogP contribution in [-0.4, -0.2) is 32.0 Å². The van der Waals surface area contributed by atoms with Crippen molar-refractivity contribution in [2.45, 2.75) is 12.8 Å². The lowest BCUT2D eigenvalue weighted by molar-refractivity contribution is -0.120. The maximum atomic E-state index is 11.6. The largest absolute Gasteiger partial charge is 0.355 e. The predicted octanol–water partition coefficient (Wildman–Crippen LogP) is -0.177. The summed E-state index contributed by atoms with van der Waals surface area (Å²) in [6, 6.07) is 5.71. The Morgan fingerprint density at radius 3 is 3.00 bits per heavy atom. The minimum absolute atomic E-state index is 0.0434. The standard InChI is InChI=1S/C13H17N3O2/c1-16-11-3-2-9(6-10(11)8-13(16)18)7-12(17)15-5-4-14/h2-3,6H,4-5,7-8,14H2,1H3,(H,15,17). The summed E-state index contributed by atoms with van der Waals surface area (Å²) in [6.45, 7) is 0.931. The van der Waals surface area contributed by atoms with Gasteiger partial charge in [-0.15, -0.1) is 0 Å². The summed E-state index contributed by atoms with van der Waals surface area (Å²) in [7, 11) is 1.77. The maximum Gasteiger partial charge on any atom is 0.231 e. The molecule has 96 valence electrons. The van der Waals surface area contributed by atoms with Crippen LogP contribution in [0.25, 0.3) is 0 Å². The van der Waals surface area contributed by atoms with E-state index in [4.69, 9.17) is 5.73 Å². The van der Waals surface area contributed by atoms with E-state index in [1.54, 1.807) is 11.9 Å². The van der Waals surface area contributed by atoms with Gasteiger partial charge in [0.25, 0.3) is 0 Å². The molecule has 1 aromatic carbocycles. The van der Waals surface area contributed by atoms with Gasteiger partial charge in [0.05, 0.1) is 12.8 Å². The molecule has 1 heterocycles. The number of benzene rings is 1. The molecule has 2 rings (SSSR count). The fraction of sp³-hybridized carbons (Fsp3) is 0.385. The Bertz CT molecular complexity index is 485. The van der Waals surface area contributed by atoms with Gasteiger partial charge >= 0.3 is 0 Å². The summed E-state index contributed by atoms with van der Waals surface area (Å²) in [5, 5.41) is 2.72. The molecule has 0 saturated heterocycles. The van der Waals surface area contributed by atoms with Crippen LogP contribution in [0, 0.1) is 0 Å². The summed E-state index contributed by atoms with van der Waals surface area (Å²) in [5.41, 5.74) is 8.17. The minimum Gasteiger partial charge on any atom is -0.355 e. The first-order valence-electron chi connectivity index (χ1n) is 5.97. The van der Waals surface area contributed by atoms with Crippen molar-refractivity contribution in [1.82, 2.24) is 5.32 Å². The smallest absolute Gasteiger partial charge is 0.231 e. The lowest BCUT2D eigenvalue weighted by Crippen LogP contribution is -2.30. The molecule has 0 aliphatic carbocycles. The topological polar surface area (TPSA) is 75.4 Å². The van der Waals surface area contributed by atoms with Gasteiger partial charge in [0, 0.05) is 25.8 Å². The SMILES string of the molecule is CN1C(=O)Cc2cc(CC(=O)NCCN)ccc21. The minimum atomic E-state index is -0.0434. The third-order valence-electron chi connectivity index (χ3n) is 3.05. The zero-order chi connectivity index (χ0) is 13.1. The van der Waals surface area contributed by atoms with E-state index in [1.165, 1.54) is 0 Å². The molecule has 0 unspecified atom stereocenters. The molecule has 1 aromatic rings. The monoisotopic (exact) mass is 247 g/mol. The number of nitrogens with one attached hydrogen (secondary N) is 1. The van der Waals surface area contributed by atoms with E-state index in [0.29, 0.717) is 25.9 Å². The van der Waals surface area contributed by atoms with Gasteiger partial charge in [-0.3, -0.25) is 9.59 Å². The Morgan fingerprint density at radius 2 is 2.28 bits per heavy atom. The number of amides is 2. The van der Waals surface area contributed by atoms with Gasteiger partial charge in [0.2, 0.25) is 11.8 Å². The molecule has 2 amide bonds. The number of hydrogen-bond donors (Lipinski definition) is 2. The second kappa shape index (κ2) is 5.18. The number of nitrogens with zero attached hydrogens (tertiary/aromatic N) is 1. The molecule has 0 atom stereocenters. The Hall–Kier alpha value is -1.88. The average Bonchev–Trinajstić information content (AvgIpc) is 2.62. The summed E-state index contributed by atoms with van der Waals surface area (Å²) in [5.74, 6) is 0.0489. The van der Waals surface area contributed by atoms with Crippen molar-refractivity contribution >= 4 is 17.5 Å². The van der Waals surface area contributed by atoms with E-state index in [-0.39, 0.29) is 11.8 Å². The first-order chi connectivity index (χ1) is 8.61. The van der Waals surface area contributed by atoms with Gasteiger partial charge in [-0.1, -0.05) is 12.1 Å². The van der Waals surface area contributed by atoms with Crippen molar-refractivity contribution in [3.63, 3.8) is 0 Å². The molecular weight excluding hydrogens is 230 g/mol. The van der Waals surface area contributed by atoms with Gasteiger partial charge < -0.3 is 16.0 Å². The number of fused-ring (bicyclic) bond motifs is 1. The van der Waals surface area contributed by atoms with Crippen LogP contribution in [0.15, 0.2) is 18.2 Å². The predicted molar refractivity (Wildman–Crippen MR) is 69.3 cm³/mol. The number of anilines is 1. The molecular formula is C13H17N3O2. The number of likely N-dealkylation sites (N-methyl/N-ethyl adjacent to an activating group) is 1. The number of nitrogens with two attached hydrogens (primary N) is 1. The molecule has 18 heavy (non-hydrogen) atoms. The zero-order valence-corrected chi connectivity index (χ0v) is 10.4. The lowest BCUT2D eigenvalue weighted by Gasteiger charge is -2.10. The quantitative estimate of drug-likeness (QED) is 0.775. The van der Waals surface area contributed by atoms with Crippen molar-refractivity contribution in [1.29, 1.82) is 0 Å². The van der Waals surface area contributed by atoms with E-state index in [9.17, 15) is 9.59 Å². The highest BCUT2D eigenvalue weighted by Gasteiger charge is 2.23. The highest BCUT2D eigenvalue weighted by molar-refractivity contribution is 6.01. The van der Waals surface area contributed by atoms with Crippen LogP contribution in [0.2, 0.25) is 0 Å². The molecule has 0 fully saturated rings. The Kier molecular flexibility index (Phi) is 3.62. The maximum absolute atomic E-state index is 11.6. The van der Waals surface area contributed by atoms with Crippen molar-refractivity contribution in [3.8, 4) is 0 Å². The summed E-state index contributed by atoms with van der Waals surface area (Å²) in [6.07, 6.45) is 0.745. The van der Waals surface area contributed by atoms with Crippen LogP contribution in [0.4, 0.5) is 5.69 Å². The van der Waals surface area contributed by atoms with Gasteiger partial charge in [-0.2, -0.15) is 0 Å². The van der Waals surface area contributed by atoms with Crippen LogP contribution in [0.3, 0.4) is 0 Å². The summed E-state index contributed by atoms with van der Waals surface area (Å²) < 4.78 is 0. The van der Waals surface area contributed by atoms with E-state index in [2.05, 4.69) is 5.32 Å². The molecule has 5 nitrogen and oxygen atoms in total. The van der Waals surface area contributed by atoms with Crippen molar-refractivity contribution in [2.75, 3.05) is 25.0 Å². The van der Waals surface area contributed by atoms with Crippen LogP contribution < -0.4 is 16.0 Å². The van der Waals surface area contributed by atoms with E-state index < -0.39 is 0 Å². The van der Waals surface area contributed by atoms with Crippen LogP contribution >= 0.6 is 0 Å². The number of hydrogen-bond acceptors (Lipinski definition) is 3. The molecule has 0 saturated carbocycles. The molecule has 3 N–H and O–H groups in total. The normalized spacial score (nSPS) is 13.7. The Labute approximate surface area is 106 Å². The lowest BCUT2D eigenvalue weighted by atomic mass is 10.1. The van der Waals surface area contributed by atoms with Crippen molar-refractivity contribution in [2.24, 2.45) is 5.73 Å². The highest BCUT2D eigenvalue weighted by Crippen LogP contribution is 2.28. The Morgan fingerprint density at radius 1 is 1.50 bits per heavy atom. The second-order valence-corrected chi connectivity index (χ2v) is 4.41. The molecule has 5 heteroatoms. The molecule has 0 aromatic heterocycles. The molecule has 1 aliphatic rings. The second-order valence-electron chi connectivity index (χ2n) is 4.41. The molecule has 0 spiro atoms. The van der Waals surface area contributed by atoms with Crippen LogP contribution in [0.5, 0.6) is 0 Å². The van der Waals surface area contributed by atoms with E-state index in [1.807, 2.05) is 18.2 Å². The van der Waals surface area contributed by atoms with Gasteiger partial charge in [-0.25, -0.2) is 0 Å².